The fourth-order valence-corrected chi connectivity index (χ4v) is 5.91. The number of halogens is 3. The Morgan fingerprint density at radius 2 is 1.92 bits per heavy atom. The highest BCUT2D eigenvalue weighted by atomic mass is 19.4. The van der Waals surface area contributed by atoms with Crippen LogP contribution in [-0.2, 0) is 19.3 Å². The first-order chi connectivity index (χ1) is 24.2. The third-order valence-corrected chi connectivity index (χ3v) is 8.59. The van der Waals surface area contributed by atoms with E-state index in [1.54, 1.807) is 30.6 Å². The standard InChI is InChI=1S/C37H40F3N9O/c1-26-7-8-28(36(50)46-30-11-9-29(33(21-30)37(38,39)40)24-47-16-5-14-42-15-19-47)20-27(26)10-12-32-23-43-35-34(6-3-18-49(32)35)45-31-22-44-48(25-31)17-4-13-41-2/h3,6-9,11,18,20-23,25,41-42,45H,4-5,13-17,19,24H2,1-2H3,(H,46,50). The van der Waals surface area contributed by atoms with Crippen molar-refractivity contribution in [3.05, 3.63) is 107 Å². The van der Waals surface area contributed by atoms with Crippen molar-refractivity contribution in [3.63, 3.8) is 0 Å². The molecule has 50 heavy (non-hydrogen) atoms. The predicted molar refractivity (Wildman–Crippen MR) is 189 cm³/mol. The summed E-state index contributed by atoms with van der Waals surface area (Å²) in [7, 11) is 1.93. The van der Waals surface area contributed by atoms with Crippen LogP contribution in [0.25, 0.3) is 5.65 Å². The fraction of sp³-hybridized carbons (Fsp3) is 0.324. The molecule has 260 valence electrons. The summed E-state index contributed by atoms with van der Waals surface area (Å²) in [6.45, 7) is 6.79. The normalized spacial score (nSPS) is 13.9. The molecule has 4 heterocycles. The molecule has 0 bridgehead atoms. The number of pyridine rings is 1. The second kappa shape index (κ2) is 15.6. The number of fused-ring (bicyclic) bond motifs is 1. The second-order valence-corrected chi connectivity index (χ2v) is 12.3. The first-order valence-corrected chi connectivity index (χ1v) is 16.7. The highest BCUT2D eigenvalue weighted by molar-refractivity contribution is 6.04. The van der Waals surface area contributed by atoms with Crippen LogP contribution >= 0.6 is 0 Å². The molecule has 0 aliphatic carbocycles. The lowest BCUT2D eigenvalue weighted by molar-refractivity contribution is -0.138. The van der Waals surface area contributed by atoms with Gasteiger partial charge in [-0.15, -0.1) is 0 Å². The number of alkyl halides is 3. The van der Waals surface area contributed by atoms with Crippen LogP contribution in [-0.4, -0.2) is 69.7 Å². The summed E-state index contributed by atoms with van der Waals surface area (Å²) in [5.41, 5.74) is 4.26. The number of amides is 1. The number of hydrogen-bond acceptors (Lipinski definition) is 7. The van der Waals surface area contributed by atoms with Gasteiger partial charge in [-0.05, 0) is 99.9 Å². The molecule has 0 saturated carbocycles. The first-order valence-electron chi connectivity index (χ1n) is 16.7. The minimum atomic E-state index is -4.56. The van der Waals surface area contributed by atoms with Crippen molar-refractivity contribution in [3.8, 4) is 11.8 Å². The Kier molecular flexibility index (Phi) is 10.8. The summed E-state index contributed by atoms with van der Waals surface area (Å²) in [6.07, 6.45) is 4.58. The van der Waals surface area contributed by atoms with Crippen LogP contribution in [0.15, 0.2) is 73.3 Å². The van der Waals surface area contributed by atoms with E-state index in [0.717, 1.165) is 68.6 Å². The number of aryl methyl sites for hydroxylation is 2. The van der Waals surface area contributed by atoms with Crippen molar-refractivity contribution in [2.75, 3.05) is 50.4 Å². The molecule has 1 aliphatic heterocycles. The Bertz CT molecular complexity index is 2010. The zero-order chi connectivity index (χ0) is 35.1. The molecule has 2 aromatic carbocycles. The van der Waals surface area contributed by atoms with E-state index < -0.39 is 17.6 Å². The number of nitrogens with zero attached hydrogens (tertiary/aromatic N) is 5. The van der Waals surface area contributed by atoms with E-state index in [2.05, 4.69) is 43.2 Å². The third kappa shape index (κ3) is 8.52. The third-order valence-electron chi connectivity index (χ3n) is 8.59. The molecule has 1 aliphatic rings. The van der Waals surface area contributed by atoms with Crippen LogP contribution in [0.2, 0.25) is 0 Å². The number of imidazole rings is 1. The Morgan fingerprint density at radius 3 is 2.76 bits per heavy atom. The van der Waals surface area contributed by atoms with Crippen molar-refractivity contribution >= 4 is 28.6 Å². The number of carbonyl (C=O) groups is 1. The molecule has 6 rings (SSSR count). The van der Waals surface area contributed by atoms with E-state index >= 15 is 0 Å². The van der Waals surface area contributed by atoms with Crippen molar-refractivity contribution in [1.29, 1.82) is 0 Å². The first kappa shape index (κ1) is 34.7. The SMILES string of the molecule is CNCCCn1cc(Nc2cccn3c(C#Cc4cc(C(=O)Nc5ccc(CN6CCCNCC6)c(C(F)(F)F)c5)ccc4C)cnc23)cn1. The average molecular weight is 684 g/mol. The van der Waals surface area contributed by atoms with Crippen LogP contribution in [0.4, 0.5) is 30.2 Å². The number of nitrogens with one attached hydrogen (secondary N) is 4. The molecule has 1 saturated heterocycles. The minimum Gasteiger partial charge on any atom is -0.350 e. The number of aromatic nitrogens is 4. The Labute approximate surface area is 289 Å². The largest absolute Gasteiger partial charge is 0.416 e. The zero-order valence-electron chi connectivity index (χ0n) is 28.1. The zero-order valence-corrected chi connectivity index (χ0v) is 28.1. The predicted octanol–water partition coefficient (Wildman–Crippen LogP) is 5.66. The number of rotatable bonds is 10. The number of hydrogen-bond donors (Lipinski definition) is 4. The van der Waals surface area contributed by atoms with Crippen LogP contribution in [0.3, 0.4) is 0 Å². The highest BCUT2D eigenvalue weighted by Gasteiger charge is 2.34. The fourth-order valence-electron chi connectivity index (χ4n) is 5.91. The van der Waals surface area contributed by atoms with Gasteiger partial charge in [-0.3, -0.25) is 18.8 Å². The molecule has 10 nitrogen and oxygen atoms in total. The topological polar surface area (TPSA) is 104 Å². The Balaban J connectivity index is 1.17. The van der Waals surface area contributed by atoms with Gasteiger partial charge in [0.15, 0.2) is 5.65 Å². The van der Waals surface area contributed by atoms with Gasteiger partial charge in [0.25, 0.3) is 5.91 Å². The van der Waals surface area contributed by atoms with Gasteiger partial charge in [-0.2, -0.15) is 18.3 Å². The van der Waals surface area contributed by atoms with E-state index in [-0.39, 0.29) is 23.4 Å². The maximum atomic E-state index is 14.1. The van der Waals surface area contributed by atoms with E-state index in [9.17, 15) is 18.0 Å². The Hall–Kier alpha value is -5.16. The highest BCUT2D eigenvalue weighted by Crippen LogP contribution is 2.35. The van der Waals surface area contributed by atoms with E-state index in [0.29, 0.717) is 23.4 Å². The molecule has 13 heteroatoms. The molecule has 0 spiro atoms. The van der Waals surface area contributed by atoms with Crippen molar-refractivity contribution < 1.29 is 18.0 Å². The van der Waals surface area contributed by atoms with E-state index in [1.807, 2.05) is 52.5 Å². The van der Waals surface area contributed by atoms with Crippen LogP contribution in [0.5, 0.6) is 0 Å². The van der Waals surface area contributed by atoms with Gasteiger partial charge in [0.05, 0.1) is 29.3 Å². The number of benzene rings is 2. The lowest BCUT2D eigenvalue weighted by Crippen LogP contribution is -2.28. The lowest BCUT2D eigenvalue weighted by Gasteiger charge is -2.22. The lowest BCUT2D eigenvalue weighted by atomic mass is 10.0. The van der Waals surface area contributed by atoms with Crippen LogP contribution in [0.1, 0.15) is 51.1 Å². The molecular formula is C37H40F3N9O. The quantitative estimate of drug-likeness (QED) is 0.111. The molecule has 0 atom stereocenters. The van der Waals surface area contributed by atoms with E-state index in [1.165, 1.54) is 12.1 Å². The van der Waals surface area contributed by atoms with Crippen molar-refractivity contribution in [2.24, 2.45) is 0 Å². The second-order valence-electron chi connectivity index (χ2n) is 12.3. The number of carbonyl (C=O) groups excluding carboxylic acids is 1. The summed E-state index contributed by atoms with van der Waals surface area (Å²) in [5, 5.41) is 16.9. The summed E-state index contributed by atoms with van der Waals surface area (Å²) < 4.78 is 46.1. The number of anilines is 3. The molecule has 1 fully saturated rings. The van der Waals surface area contributed by atoms with Gasteiger partial charge in [0.2, 0.25) is 0 Å². The molecule has 0 radical (unpaired) electrons. The molecule has 4 N–H and O–H groups in total. The van der Waals surface area contributed by atoms with Crippen molar-refractivity contribution in [2.45, 2.75) is 39.0 Å². The minimum absolute atomic E-state index is 0.0769. The van der Waals surface area contributed by atoms with Gasteiger partial charge < -0.3 is 21.3 Å². The molecule has 0 unspecified atom stereocenters. The molecule has 3 aromatic heterocycles. The molecular weight excluding hydrogens is 643 g/mol. The van der Waals surface area contributed by atoms with Gasteiger partial charge in [-0.25, -0.2) is 4.98 Å². The van der Waals surface area contributed by atoms with Gasteiger partial charge in [-0.1, -0.05) is 18.1 Å². The summed E-state index contributed by atoms with van der Waals surface area (Å²) in [6, 6.07) is 12.9. The van der Waals surface area contributed by atoms with Gasteiger partial charge in [0, 0.05) is 55.4 Å². The van der Waals surface area contributed by atoms with Crippen LogP contribution in [0, 0.1) is 18.8 Å². The summed E-state index contributed by atoms with van der Waals surface area (Å²) in [4.78, 5) is 19.9. The monoisotopic (exact) mass is 683 g/mol. The Morgan fingerprint density at radius 1 is 1.04 bits per heavy atom. The average Bonchev–Trinajstić information content (AvgIpc) is 3.64. The van der Waals surface area contributed by atoms with E-state index in [4.69, 9.17) is 0 Å². The maximum Gasteiger partial charge on any atom is 0.416 e. The maximum absolute atomic E-state index is 14.1. The molecule has 1 amide bonds. The smallest absolute Gasteiger partial charge is 0.350 e. The van der Waals surface area contributed by atoms with Crippen molar-refractivity contribution in [1.82, 2.24) is 34.7 Å². The summed E-state index contributed by atoms with van der Waals surface area (Å²) >= 11 is 0. The van der Waals surface area contributed by atoms with Gasteiger partial charge in [0.1, 0.15) is 5.69 Å². The molecule has 5 aromatic rings. The summed E-state index contributed by atoms with van der Waals surface area (Å²) in [5.74, 6) is 5.80. The van der Waals surface area contributed by atoms with Crippen LogP contribution < -0.4 is 21.3 Å². The van der Waals surface area contributed by atoms with Gasteiger partial charge >= 0.3 is 6.18 Å².